The third-order valence-electron chi connectivity index (χ3n) is 5.00. The second-order valence-electron chi connectivity index (χ2n) is 6.81. The minimum absolute atomic E-state index is 0.00367. The molecule has 2 aromatic carbocycles. The molecule has 27 heavy (non-hydrogen) atoms. The molecule has 140 valence electrons. The van der Waals surface area contributed by atoms with Gasteiger partial charge in [0.05, 0.1) is 14.8 Å². The minimum Gasteiger partial charge on any atom is -0.481 e. The average Bonchev–Trinajstić information content (AvgIpc) is 3.01. The molecule has 1 aromatic heterocycles. The molecule has 0 spiro atoms. The van der Waals surface area contributed by atoms with Gasteiger partial charge in [0.25, 0.3) is 0 Å². The molecule has 1 unspecified atom stereocenters. The van der Waals surface area contributed by atoms with Gasteiger partial charge in [-0.15, -0.1) is 0 Å². The zero-order valence-electron chi connectivity index (χ0n) is 14.3. The molecule has 4 rings (SSSR count). The van der Waals surface area contributed by atoms with Crippen molar-refractivity contribution in [1.29, 1.82) is 0 Å². The zero-order valence-corrected chi connectivity index (χ0v) is 15.9. The molecule has 0 radical (unpaired) electrons. The number of carboxylic acids is 1. The molecule has 0 saturated carbocycles. The first-order chi connectivity index (χ1) is 12.9. The van der Waals surface area contributed by atoms with Crippen molar-refractivity contribution in [1.82, 2.24) is 0 Å². The van der Waals surface area contributed by atoms with E-state index >= 15 is 0 Å². The average molecular weight is 405 g/mol. The Morgan fingerprint density at radius 1 is 1.19 bits per heavy atom. The summed E-state index contributed by atoms with van der Waals surface area (Å²) in [5, 5.41) is 9.97. The van der Waals surface area contributed by atoms with E-state index < -0.39 is 15.8 Å². The Hall–Kier alpha value is -2.31. The number of aryl methyl sites for hydroxylation is 1. The van der Waals surface area contributed by atoms with Crippen LogP contribution in [-0.2, 0) is 27.5 Å². The number of furan rings is 1. The number of aliphatic carboxylic acids is 1. The van der Waals surface area contributed by atoms with Crippen LogP contribution in [0.1, 0.15) is 24.2 Å². The molecule has 0 saturated heterocycles. The van der Waals surface area contributed by atoms with E-state index in [-0.39, 0.29) is 27.2 Å². The molecule has 0 amide bonds. The quantitative estimate of drug-likeness (QED) is 0.692. The van der Waals surface area contributed by atoms with Gasteiger partial charge in [-0.05, 0) is 43.0 Å². The fourth-order valence-electron chi connectivity index (χ4n) is 3.70. The number of carboxylic acid groups (broad SMARTS) is 1. The number of hydrogen-bond acceptors (Lipinski definition) is 4. The van der Waals surface area contributed by atoms with Crippen molar-refractivity contribution >= 4 is 38.4 Å². The van der Waals surface area contributed by atoms with Crippen molar-refractivity contribution in [2.24, 2.45) is 5.92 Å². The third kappa shape index (κ3) is 3.24. The molecule has 1 heterocycles. The van der Waals surface area contributed by atoms with Gasteiger partial charge in [-0.1, -0.05) is 29.8 Å². The smallest absolute Gasteiger partial charge is 0.303 e. The minimum atomic E-state index is -3.71. The maximum Gasteiger partial charge on any atom is 0.303 e. The van der Waals surface area contributed by atoms with Crippen LogP contribution in [0.3, 0.4) is 0 Å². The molecule has 1 aliphatic carbocycles. The molecule has 1 aliphatic rings. The van der Waals surface area contributed by atoms with Gasteiger partial charge in [0.1, 0.15) is 5.76 Å². The van der Waals surface area contributed by atoms with E-state index in [0.29, 0.717) is 23.8 Å². The molecular weight excluding hydrogens is 388 g/mol. The van der Waals surface area contributed by atoms with Gasteiger partial charge < -0.3 is 9.52 Å². The van der Waals surface area contributed by atoms with Crippen molar-refractivity contribution in [3.8, 4) is 0 Å². The van der Waals surface area contributed by atoms with Crippen molar-refractivity contribution in [3.63, 3.8) is 0 Å². The first-order valence-electron chi connectivity index (χ1n) is 8.62. The lowest BCUT2D eigenvalue weighted by molar-refractivity contribution is -0.138. The number of hydrogen-bond donors (Lipinski definition) is 1. The first kappa shape index (κ1) is 18.1. The highest BCUT2D eigenvalue weighted by Crippen LogP contribution is 2.40. The molecule has 5 nitrogen and oxygen atoms in total. The van der Waals surface area contributed by atoms with Crippen LogP contribution in [-0.4, -0.2) is 19.5 Å². The van der Waals surface area contributed by atoms with Crippen molar-refractivity contribution in [2.45, 2.75) is 35.5 Å². The lowest BCUT2D eigenvalue weighted by Gasteiger charge is -2.19. The molecular formula is C20H17ClO5S. The van der Waals surface area contributed by atoms with Gasteiger partial charge >= 0.3 is 5.97 Å². The number of halogens is 1. The maximum absolute atomic E-state index is 13.0. The summed E-state index contributed by atoms with van der Waals surface area (Å²) in [6.45, 7) is 0. The SMILES string of the molecule is O=C(O)CC1CCc2oc3c(Cl)cc(S(=O)(=O)c4ccccc4)cc3c2C1. The van der Waals surface area contributed by atoms with Crippen molar-refractivity contribution in [3.05, 3.63) is 58.8 Å². The summed E-state index contributed by atoms with van der Waals surface area (Å²) in [7, 11) is -3.71. The first-order valence-corrected chi connectivity index (χ1v) is 10.5. The summed E-state index contributed by atoms with van der Waals surface area (Å²) in [6, 6.07) is 11.2. The Kier molecular flexibility index (Phi) is 4.48. The molecule has 1 N–H and O–H groups in total. The Morgan fingerprint density at radius 3 is 2.63 bits per heavy atom. The van der Waals surface area contributed by atoms with E-state index in [1.54, 1.807) is 36.4 Å². The molecule has 3 aromatic rings. The fraction of sp³-hybridized carbons (Fsp3) is 0.250. The van der Waals surface area contributed by atoms with Gasteiger partial charge in [-0.2, -0.15) is 0 Å². The van der Waals surface area contributed by atoms with Crippen LogP contribution in [0.5, 0.6) is 0 Å². The van der Waals surface area contributed by atoms with E-state index in [4.69, 9.17) is 21.1 Å². The Balaban J connectivity index is 1.83. The van der Waals surface area contributed by atoms with Gasteiger partial charge in [0.2, 0.25) is 9.84 Å². The van der Waals surface area contributed by atoms with Gasteiger partial charge in [-0.25, -0.2) is 8.42 Å². The van der Waals surface area contributed by atoms with Crippen LogP contribution in [0.2, 0.25) is 5.02 Å². The highest BCUT2D eigenvalue weighted by molar-refractivity contribution is 7.91. The molecule has 0 fully saturated rings. The summed E-state index contributed by atoms with van der Waals surface area (Å²) >= 11 is 6.34. The number of fused-ring (bicyclic) bond motifs is 3. The normalized spacial score (nSPS) is 17.0. The Morgan fingerprint density at radius 2 is 1.93 bits per heavy atom. The van der Waals surface area contributed by atoms with Gasteiger partial charge in [-0.3, -0.25) is 4.79 Å². The number of benzene rings is 2. The van der Waals surface area contributed by atoms with E-state index in [0.717, 1.165) is 17.7 Å². The number of carbonyl (C=O) groups is 1. The Labute approximate surface area is 161 Å². The molecule has 7 heteroatoms. The number of sulfone groups is 1. The van der Waals surface area contributed by atoms with Crippen LogP contribution < -0.4 is 0 Å². The van der Waals surface area contributed by atoms with Crippen LogP contribution in [0.25, 0.3) is 11.0 Å². The predicted molar refractivity (Wildman–Crippen MR) is 101 cm³/mol. The highest BCUT2D eigenvalue weighted by Gasteiger charge is 2.28. The summed E-state index contributed by atoms with van der Waals surface area (Å²) in [5.74, 6) is -0.0617. The molecule has 1 atom stereocenters. The summed E-state index contributed by atoms with van der Waals surface area (Å²) < 4.78 is 31.8. The van der Waals surface area contributed by atoms with Crippen LogP contribution in [0.4, 0.5) is 0 Å². The molecule has 0 bridgehead atoms. The predicted octanol–water partition coefficient (Wildman–Crippen LogP) is 4.50. The fourth-order valence-corrected chi connectivity index (χ4v) is 5.35. The Bertz CT molecular complexity index is 1130. The zero-order chi connectivity index (χ0) is 19.2. The third-order valence-corrected chi connectivity index (χ3v) is 7.03. The van der Waals surface area contributed by atoms with Crippen LogP contribution >= 0.6 is 11.6 Å². The van der Waals surface area contributed by atoms with Gasteiger partial charge in [0, 0.05) is 23.8 Å². The highest BCUT2D eigenvalue weighted by atomic mass is 35.5. The lowest BCUT2D eigenvalue weighted by Crippen LogP contribution is -2.16. The van der Waals surface area contributed by atoms with Crippen molar-refractivity contribution in [2.75, 3.05) is 0 Å². The largest absolute Gasteiger partial charge is 0.481 e. The van der Waals surface area contributed by atoms with Crippen LogP contribution in [0, 0.1) is 5.92 Å². The monoisotopic (exact) mass is 404 g/mol. The summed E-state index contributed by atoms with van der Waals surface area (Å²) in [4.78, 5) is 11.4. The maximum atomic E-state index is 13.0. The van der Waals surface area contributed by atoms with Crippen molar-refractivity contribution < 1.29 is 22.7 Å². The van der Waals surface area contributed by atoms with E-state index in [9.17, 15) is 13.2 Å². The lowest BCUT2D eigenvalue weighted by atomic mass is 9.85. The van der Waals surface area contributed by atoms with Crippen LogP contribution in [0.15, 0.2) is 56.7 Å². The van der Waals surface area contributed by atoms with E-state index in [2.05, 4.69) is 0 Å². The van der Waals surface area contributed by atoms with E-state index in [1.807, 2.05) is 0 Å². The second-order valence-corrected chi connectivity index (χ2v) is 9.17. The van der Waals surface area contributed by atoms with Gasteiger partial charge in [0.15, 0.2) is 5.58 Å². The summed E-state index contributed by atoms with van der Waals surface area (Å²) in [5.41, 5.74) is 1.33. The standard InChI is InChI=1S/C20H17ClO5S/c21-17-11-14(27(24,25)13-4-2-1-3-5-13)10-16-15-8-12(9-19(22)23)6-7-18(15)26-20(16)17/h1-5,10-12H,6-9H2,(H,22,23). The number of rotatable bonds is 4. The molecule has 0 aliphatic heterocycles. The topological polar surface area (TPSA) is 84.6 Å². The summed E-state index contributed by atoms with van der Waals surface area (Å²) in [6.07, 6.45) is 1.98. The van der Waals surface area contributed by atoms with E-state index in [1.165, 1.54) is 6.07 Å². The second kappa shape index (κ2) is 6.69.